The van der Waals surface area contributed by atoms with Crippen LogP contribution in [-0.2, 0) is 6.61 Å². The SMILES string of the molecule is COc1cccc(OCc2ccc(C(=O)Nc3cc(OCC(F)F)cc([N+](=O)[O-])c3)o2)c1. The van der Waals surface area contributed by atoms with E-state index in [0.29, 0.717) is 17.3 Å². The van der Waals surface area contributed by atoms with Gasteiger partial charge < -0.3 is 23.9 Å². The number of non-ortho nitro benzene ring substituents is 1. The topological polar surface area (TPSA) is 113 Å². The van der Waals surface area contributed by atoms with Crippen LogP contribution in [-0.4, -0.2) is 31.0 Å². The van der Waals surface area contributed by atoms with Crippen LogP contribution in [0.15, 0.2) is 59.0 Å². The Bertz CT molecular complexity index is 1100. The molecule has 0 saturated heterocycles. The number of nitro benzene ring substituents is 1. The molecule has 1 aromatic heterocycles. The van der Waals surface area contributed by atoms with E-state index in [2.05, 4.69) is 5.32 Å². The molecule has 0 atom stereocenters. The number of alkyl halides is 2. The van der Waals surface area contributed by atoms with Crippen LogP contribution < -0.4 is 19.5 Å². The third kappa shape index (κ3) is 6.17. The van der Waals surface area contributed by atoms with Gasteiger partial charge in [0.05, 0.1) is 23.8 Å². The molecule has 0 saturated carbocycles. The van der Waals surface area contributed by atoms with Gasteiger partial charge in [0.15, 0.2) is 5.76 Å². The molecule has 1 heterocycles. The molecule has 0 fully saturated rings. The molecule has 0 radical (unpaired) electrons. The summed E-state index contributed by atoms with van der Waals surface area (Å²) in [5, 5.41) is 13.5. The van der Waals surface area contributed by atoms with Crippen LogP contribution in [0.4, 0.5) is 20.2 Å². The number of nitrogens with one attached hydrogen (secondary N) is 1. The Kier molecular flexibility index (Phi) is 7.21. The van der Waals surface area contributed by atoms with Gasteiger partial charge in [0.1, 0.15) is 36.2 Å². The van der Waals surface area contributed by atoms with Gasteiger partial charge in [-0.15, -0.1) is 0 Å². The monoisotopic (exact) mass is 448 g/mol. The number of furan rings is 1. The van der Waals surface area contributed by atoms with E-state index in [9.17, 15) is 23.7 Å². The van der Waals surface area contributed by atoms with E-state index >= 15 is 0 Å². The van der Waals surface area contributed by atoms with Crippen molar-refractivity contribution in [2.24, 2.45) is 0 Å². The van der Waals surface area contributed by atoms with Crippen molar-refractivity contribution in [3.05, 3.63) is 76.2 Å². The summed E-state index contributed by atoms with van der Waals surface area (Å²) in [5.74, 6) is 0.573. The Hall–Kier alpha value is -4.15. The maximum atomic E-state index is 12.5. The normalized spacial score (nSPS) is 10.6. The number of methoxy groups -OCH3 is 1. The summed E-state index contributed by atoms with van der Waals surface area (Å²) in [5.41, 5.74) is -0.446. The van der Waals surface area contributed by atoms with E-state index in [1.165, 1.54) is 19.2 Å². The summed E-state index contributed by atoms with van der Waals surface area (Å²) in [6.07, 6.45) is -2.76. The van der Waals surface area contributed by atoms with E-state index < -0.39 is 29.6 Å². The van der Waals surface area contributed by atoms with Gasteiger partial charge in [-0.25, -0.2) is 8.78 Å². The fourth-order valence-electron chi connectivity index (χ4n) is 2.62. The van der Waals surface area contributed by atoms with Gasteiger partial charge in [0.2, 0.25) is 0 Å². The Morgan fingerprint density at radius 1 is 1.09 bits per heavy atom. The number of halogens is 2. The van der Waals surface area contributed by atoms with Crippen molar-refractivity contribution in [3.63, 3.8) is 0 Å². The van der Waals surface area contributed by atoms with Crippen molar-refractivity contribution in [2.45, 2.75) is 13.0 Å². The largest absolute Gasteiger partial charge is 0.497 e. The first-order valence-corrected chi connectivity index (χ1v) is 9.21. The molecule has 1 N–H and O–H groups in total. The van der Waals surface area contributed by atoms with Crippen LogP contribution in [0.5, 0.6) is 17.2 Å². The fourth-order valence-corrected chi connectivity index (χ4v) is 2.62. The molecule has 0 aliphatic carbocycles. The molecule has 3 aromatic rings. The van der Waals surface area contributed by atoms with Gasteiger partial charge >= 0.3 is 0 Å². The van der Waals surface area contributed by atoms with Gasteiger partial charge in [0.25, 0.3) is 18.0 Å². The number of amides is 1. The van der Waals surface area contributed by atoms with Crippen LogP contribution in [0.2, 0.25) is 0 Å². The number of hydrogen-bond donors (Lipinski definition) is 1. The molecule has 168 valence electrons. The fraction of sp³-hybridized carbons (Fsp3) is 0.190. The number of hydrogen-bond acceptors (Lipinski definition) is 7. The number of rotatable bonds is 10. The molecule has 3 rings (SSSR count). The summed E-state index contributed by atoms with van der Waals surface area (Å²) in [7, 11) is 1.53. The summed E-state index contributed by atoms with van der Waals surface area (Å²) in [6, 6.07) is 13.1. The summed E-state index contributed by atoms with van der Waals surface area (Å²) in [6.45, 7) is -0.897. The molecule has 0 bridgehead atoms. The first kappa shape index (κ1) is 22.5. The average molecular weight is 448 g/mol. The smallest absolute Gasteiger partial charge is 0.291 e. The number of nitrogens with zero attached hydrogens (tertiary/aromatic N) is 1. The molecule has 0 aliphatic heterocycles. The van der Waals surface area contributed by atoms with Gasteiger partial charge in [-0.1, -0.05) is 6.07 Å². The van der Waals surface area contributed by atoms with Crippen LogP contribution in [0.25, 0.3) is 0 Å². The van der Waals surface area contributed by atoms with E-state index in [1.807, 2.05) is 0 Å². The Labute approximate surface area is 180 Å². The second-order valence-corrected chi connectivity index (χ2v) is 6.36. The van der Waals surface area contributed by atoms with E-state index in [4.69, 9.17) is 18.6 Å². The molecule has 0 spiro atoms. The highest BCUT2D eigenvalue weighted by Gasteiger charge is 2.17. The first-order valence-electron chi connectivity index (χ1n) is 9.21. The highest BCUT2D eigenvalue weighted by Crippen LogP contribution is 2.27. The number of ether oxygens (including phenoxy) is 3. The number of benzene rings is 2. The van der Waals surface area contributed by atoms with Crippen molar-refractivity contribution in [2.75, 3.05) is 19.0 Å². The van der Waals surface area contributed by atoms with Gasteiger partial charge in [-0.05, 0) is 24.3 Å². The summed E-state index contributed by atoms with van der Waals surface area (Å²) in [4.78, 5) is 22.8. The molecular formula is C21H18F2N2O7. The Balaban J connectivity index is 1.66. The van der Waals surface area contributed by atoms with E-state index in [1.54, 1.807) is 30.3 Å². The number of carbonyl (C=O) groups excluding carboxylic acids is 1. The zero-order valence-electron chi connectivity index (χ0n) is 16.7. The molecular weight excluding hydrogens is 430 g/mol. The molecule has 32 heavy (non-hydrogen) atoms. The lowest BCUT2D eigenvalue weighted by atomic mass is 10.2. The van der Waals surface area contributed by atoms with Crippen LogP contribution in [0.1, 0.15) is 16.3 Å². The predicted molar refractivity (Wildman–Crippen MR) is 109 cm³/mol. The van der Waals surface area contributed by atoms with Gasteiger partial charge in [-0.3, -0.25) is 14.9 Å². The number of carbonyl (C=O) groups is 1. The zero-order chi connectivity index (χ0) is 23.1. The van der Waals surface area contributed by atoms with Crippen LogP contribution >= 0.6 is 0 Å². The van der Waals surface area contributed by atoms with E-state index in [-0.39, 0.29) is 23.8 Å². The zero-order valence-corrected chi connectivity index (χ0v) is 16.7. The van der Waals surface area contributed by atoms with Crippen LogP contribution in [0, 0.1) is 10.1 Å². The van der Waals surface area contributed by atoms with Crippen molar-refractivity contribution in [3.8, 4) is 17.2 Å². The quantitative estimate of drug-likeness (QED) is 0.354. The number of anilines is 1. The lowest BCUT2D eigenvalue weighted by Gasteiger charge is -2.09. The van der Waals surface area contributed by atoms with E-state index in [0.717, 1.165) is 12.1 Å². The number of nitro groups is 1. The third-order valence-electron chi connectivity index (χ3n) is 4.04. The molecule has 2 aromatic carbocycles. The lowest BCUT2D eigenvalue weighted by molar-refractivity contribution is -0.384. The van der Waals surface area contributed by atoms with Crippen molar-refractivity contribution in [1.29, 1.82) is 0 Å². The Morgan fingerprint density at radius 2 is 1.88 bits per heavy atom. The minimum absolute atomic E-state index is 0.0148. The average Bonchev–Trinajstić information content (AvgIpc) is 3.25. The Morgan fingerprint density at radius 3 is 2.59 bits per heavy atom. The molecule has 0 aliphatic rings. The molecule has 1 amide bonds. The minimum atomic E-state index is -2.76. The molecule has 11 heteroatoms. The maximum Gasteiger partial charge on any atom is 0.291 e. The first-order chi connectivity index (χ1) is 15.3. The van der Waals surface area contributed by atoms with Crippen molar-refractivity contribution in [1.82, 2.24) is 0 Å². The summed E-state index contributed by atoms with van der Waals surface area (Å²) < 4.78 is 45.7. The molecule has 9 nitrogen and oxygen atoms in total. The third-order valence-corrected chi connectivity index (χ3v) is 4.04. The summed E-state index contributed by atoms with van der Waals surface area (Å²) >= 11 is 0. The van der Waals surface area contributed by atoms with Crippen molar-refractivity contribution >= 4 is 17.3 Å². The maximum absolute atomic E-state index is 12.5. The van der Waals surface area contributed by atoms with Gasteiger partial charge in [-0.2, -0.15) is 0 Å². The highest BCUT2D eigenvalue weighted by atomic mass is 19.3. The predicted octanol–water partition coefficient (Wildman–Crippen LogP) is 4.67. The van der Waals surface area contributed by atoms with Crippen molar-refractivity contribution < 1.29 is 37.1 Å². The lowest BCUT2D eigenvalue weighted by Crippen LogP contribution is -2.12. The second kappa shape index (κ2) is 10.2. The molecule has 0 unspecified atom stereocenters. The highest BCUT2D eigenvalue weighted by molar-refractivity contribution is 6.02. The van der Waals surface area contributed by atoms with Crippen LogP contribution in [0.3, 0.4) is 0 Å². The minimum Gasteiger partial charge on any atom is -0.497 e. The van der Waals surface area contributed by atoms with Gasteiger partial charge in [0, 0.05) is 18.2 Å². The second-order valence-electron chi connectivity index (χ2n) is 6.36. The standard InChI is InChI=1S/C21H18F2N2O7/c1-29-15-3-2-4-16(10-15)30-11-17-5-6-19(32-17)21(26)24-13-7-14(25(27)28)9-18(8-13)31-12-20(22)23/h2-10,20H,11-12H2,1H3,(H,24,26).